The Morgan fingerprint density at radius 2 is 1.86 bits per heavy atom. The van der Waals surface area contributed by atoms with Crippen LogP contribution >= 0.6 is 0 Å². The van der Waals surface area contributed by atoms with Gasteiger partial charge in [-0.1, -0.05) is 26.0 Å². The Kier molecular flexibility index (Phi) is 4.67. The van der Waals surface area contributed by atoms with E-state index in [2.05, 4.69) is 50.2 Å². The molecule has 2 aromatic rings. The summed E-state index contributed by atoms with van der Waals surface area (Å²) in [4.78, 5) is 0. The molecule has 0 bridgehead atoms. The standard InChI is InChI=1S/C20H24O2/c1-3-11-21-19-9-7-16(13-15(19)4-2)17-8-10-20-18(14-17)6-5-12-22-20/h7-10,13-14H,3-6,11-12H2,1-2H3. The van der Waals surface area contributed by atoms with E-state index >= 15 is 0 Å². The van der Waals surface area contributed by atoms with Crippen LogP contribution in [-0.4, -0.2) is 13.2 Å². The molecule has 0 aliphatic carbocycles. The molecule has 1 aliphatic rings. The molecule has 0 spiro atoms. The van der Waals surface area contributed by atoms with Crippen LogP contribution in [0.5, 0.6) is 11.5 Å². The third kappa shape index (κ3) is 3.11. The summed E-state index contributed by atoms with van der Waals surface area (Å²) in [6.45, 7) is 5.94. The number of hydrogen-bond acceptors (Lipinski definition) is 2. The van der Waals surface area contributed by atoms with E-state index in [0.29, 0.717) is 0 Å². The first-order valence-electron chi connectivity index (χ1n) is 8.33. The van der Waals surface area contributed by atoms with Gasteiger partial charge in [-0.05, 0) is 72.2 Å². The maximum atomic E-state index is 5.84. The molecule has 0 aromatic heterocycles. The summed E-state index contributed by atoms with van der Waals surface area (Å²) >= 11 is 0. The smallest absolute Gasteiger partial charge is 0.122 e. The lowest BCUT2D eigenvalue weighted by molar-refractivity contribution is 0.288. The molecule has 3 rings (SSSR count). The normalized spacial score (nSPS) is 13.4. The summed E-state index contributed by atoms with van der Waals surface area (Å²) in [5.41, 5.74) is 5.13. The minimum absolute atomic E-state index is 0.780. The van der Waals surface area contributed by atoms with Gasteiger partial charge in [0, 0.05) is 0 Å². The van der Waals surface area contributed by atoms with Gasteiger partial charge in [-0.15, -0.1) is 0 Å². The Bertz CT molecular complexity index is 646. The molecule has 22 heavy (non-hydrogen) atoms. The minimum atomic E-state index is 0.780. The van der Waals surface area contributed by atoms with Crippen molar-refractivity contribution in [1.82, 2.24) is 0 Å². The summed E-state index contributed by atoms with van der Waals surface area (Å²) < 4.78 is 11.5. The van der Waals surface area contributed by atoms with Crippen molar-refractivity contribution in [3.63, 3.8) is 0 Å². The van der Waals surface area contributed by atoms with Gasteiger partial charge in [-0.25, -0.2) is 0 Å². The maximum Gasteiger partial charge on any atom is 0.122 e. The highest BCUT2D eigenvalue weighted by Crippen LogP contribution is 2.32. The molecule has 0 radical (unpaired) electrons. The highest BCUT2D eigenvalue weighted by atomic mass is 16.5. The average molecular weight is 296 g/mol. The molecular formula is C20H24O2. The molecule has 0 fully saturated rings. The van der Waals surface area contributed by atoms with Crippen molar-refractivity contribution in [3.8, 4) is 22.6 Å². The Morgan fingerprint density at radius 3 is 2.68 bits per heavy atom. The summed E-state index contributed by atoms with van der Waals surface area (Å²) in [6.07, 6.45) is 4.25. The first-order chi connectivity index (χ1) is 10.8. The van der Waals surface area contributed by atoms with Crippen molar-refractivity contribution in [2.24, 2.45) is 0 Å². The van der Waals surface area contributed by atoms with Gasteiger partial charge in [0.1, 0.15) is 11.5 Å². The van der Waals surface area contributed by atoms with E-state index in [9.17, 15) is 0 Å². The van der Waals surface area contributed by atoms with Crippen LogP contribution in [0.25, 0.3) is 11.1 Å². The van der Waals surface area contributed by atoms with E-state index in [1.165, 1.54) is 22.3 Å². The van der Waals surface area contributed by atoms with Crippen LogP contribution in [0.1, 0.15) is 37.8 Å². The van der Waals surface area contributed by atoms with Gasteiger partial charge in [0.2, 0.25) is 0 Å². The summed E-state index contributed by atoms with van der Waals surface area (Å²) in [7, 11) is 0. The molecular weight excluding hydrogens is 272 g/mol. The largest absolute Gasteiger partial charge is 0.493 e. The second-order valence-corrected chi connectivity index (χ2v) is 5.80. The summed E-state index contributed by atoms with van der Waals surface area (Å²) in [5.74, 6) is 2.07. The van der Waals surface area contributed by atoms with Crippen LogP contribution in [-0.2, 0) is 12.8 Å². The lowest BCUT2D eigenvalue weighted by Gasteiger charge is -2.18. The molecule has 0 amide bonds. The molecule has 0 N–H and O–H groups in total. The summed E-state index contributed by atoms with van der Waals surface area (Å²) in [6, 6.07) is 13.1. The van der Waals surface area contributed by atoms with Crippen molar-refractivity contribution in [1.29, 1.82) is 0 Å². The van der Waals surface area contributed by atoms with Crippen molar-refractivity contribution < 1.29 is 9.47 Å². The van der Waals surface area contributed by atoms with E-state index in [1.807, 2.05) is 0 Å². The van der Waals surface area contributed by atoms with Crippen molar-refractivity contribution >= 4 is 0 Å². The fourth-order valence-electron chi connectivity index (χ4n) is 2.93. The van der Waals surface area contributed by atoms with E-state index < -0.39 is 0 Å². The number of aryl methyl sites for hydroxylation is 2. The predicted molar refractivity (Wildman–Crippen MR) is 90.9 cm³/mol. The van der Waals surface area contributed by atoms with Crippen molar-refractivity contribution in [3.05, 3.63) is 47.5 Å². The summed E-state index contributed by atoms with van der Waals surface area (Å²) in [5, 5.41) is 0. The van der Waals surface area contributed by atoms with Crippen LogP contribution in [0.3, 0.4) is 0 Å². The molecule has 2 nitrogen and oxygen atoms in total. The molecule has 2 heteroatoms. The van der Waals surface area contributed by atoms with Gasteiger partial charge in [-0.2, -0.15) is 0 Å². The molecule has 116 valence electrons. The van der Waals surface area contributed by atoms with E-state index in [4.69, 9.17) is 9.47 Å². The lowest BCUT2D eigenvalue weighted by Crippen LogP contribution is -2.08. The minimum Gasteiger partial charge on any atom is -0.493 e. The fourth-order valence-corrected chi connectivity index (χ4v) is 2.93. The predicted octanol–water partition coefficient (Wildman–Crippen LogP) is 5.03. The third-order valence-corrected chi connectivity index (χ3v) is 4.14. The van der Waals surface area contributed by atoms with Crippen LogP contribution in [0.2, 0.25) is 0 Å². The molecule has 1 aliphatic heterocycles. The molecule has 2 aromatic carbocycles. The number of benzene rings is 2. The van der Waals surface area contributed by atoms with Crippen LogP contribution in [0.4, 0.5) is 0 Å². The quantitative estimate of drug-likeness (QED) is 0.770. The number of ether oxygens (including phenoxy) is 2. The van der Waals surface area contributed by atoms with Gasteiger partial charge in [0.25, 0.3) is 0 Å². The van der Waals surface area contributed by atoms with Gasteiger partial charge in [0.05, 0.1) is 13.2 Å². The zero-order valence-electron chi connectivity index (χ0n) is 13.5. The highest BCUT2D eigenvalue weighted by molar-refractivity contribution is 5.68. The van der Waals surface area contributed by atoms with E-state index in [-0.39, 0.29) is 0 Å². The van der Waals surface area contributed by atoms with Crippen LogP contribution in [0.15, 0.2) is 36.4 Å². The lowest BCUT2D eigenvalue weighted by atomic mass is 9.97. The Balaban J connectivity index is 1.91. The fraction of sp³-hybridized carbons (Fsp3) is 0.400. The maximum absolute atomic E-state index is 5.84. The highest BCUT2D eigenvalue weighted by Gasteiger charge is 2.12. The van der Waals surface area contributed by atoms with Gasteiger partial charge in [-0.3, -0.25) is 0 Å². The number of fused-ring (bicyclic) bond motifs is 1. The van der Waals surface area contributed by atoms with Gasteiger partial charge < -0.3 is 9.47 Å². The molecule has 0 saturated heterocycles. The second kappa shape index (κ2) is 6.87. The van der Waals surface area contributed by atoms with Crippen LogP contribution in [0, 0.1) is 0 Å². The Morgan fingerprint density at radius 1 is 1.05 bits per heavy atom. The third-order valence-electron chi connectivity index (χ3n) is 4.14. The van der Waals surface area contributed by atoms with Crippen molar-refractivity contribution in [2.75, 3.05) is 13.2 Å². The van der Waals surface area contributed by atoms with Crippen molar-refractivity contribution in [2.45, 2.75) is 39.5 Å². The van der Waals surface area contributed by atoms with E-state index in [1.54, 1.807) is 0 Å². The number of rotatable bonds is 5. The van der Waals surface area contributed by atoms with Gasteiger partial charge >= 0.3 is 0 Å². The first kappa shape index (κ1) is 15.0. The second-order valence-electron chi connectivity index (χ2n) is 5.80. The topological polar surface area (TPSA) is 18.5 Å². The monoisotopic (exact) mass is 296 g/mol. The zero-order valence-corrected chi connectivity index (χ0v) is 13.5. The first-order valence-corrected chi connectivity index (χ1v) is 8.33. The average Bonchev–Trinajstić information content (AvgIpc) is 2.59. The van der Waals surface area contributed by atoms with Crippen LogP contribution < -0.4 is 9.47 Å². The molecule has 1 heterocycles. The zero-order chi connectivity index (χ0) is 15.4. The SMILES string of the molecule is CCCOc1ccc(-c2ccc3c(c2)CCCO3)cc1CC. The molecule has 0 unspecified atom stereocenters. The molecule has 0 saturated carbocycles. The Hall–Kier alpha value is -1.96. The molecule has 0 atom stereocenters. The van der Waals surface area contributed by atoms with E-state index in [0.717, 1.165) is 50.4 Å². The number of hydrogen-bond donors (Lipinski definition) is 0. The Labute approximate surface area is 133 Å². The van der Waals surface area contributed by atoms with Gasteiger partial charge in [0.15, 0.2) is 0 Å².